The Balaban J connectivity index is 3.28. The van der Waals surface area contributed by atoms with Gasteiger partial charge in [0.25, 0.3) is 0 Å². The number of hydrogen-bond acceptors (Lipinski definition) is 7. The highest BCUT2D eigenvalue weighted by Gasteiger charge is 2.26. The fourth-order valence-electron chi connectivity index (χ4n) is 0.974. The van der Waals surface area contributed by atoms with Crippen molar-refractivity contribution in [2.24, 2.45) is 0 Å². The Morgan fingerprint density at radius 1 is 1.31 bits per heavy atom. The van der Waals surface area contributed by atoms with Crippen LogP contribution in [0.4, 0.5) is 5.00 Å². The Bertz CT molecular complexity index is 418. The van der Waals surface area contributed by atoms with Crippen molar-refractivity contribution in [3.05, 3.63) is 26.6 Å². The first-order chi connectivity index (χ1) is 7.51. The summed E-state index contributed by atoms with van der Waals surface area (Å²) in [6.07, 6.45) is 0. The molecule has 0 radical (unpaired) electrons. The minimum absolute atomic E-state index is 0.138. The second kappa shape index (κ2) is 4.71. The van der Waals surface area contributed by atoms with E-state index in [2.05, 4.69) is 9.47 Å². The number of methoxy groups -OCH3 is 2. The van der Waals surface area contributed by atoms with Gasteiger partial charge in [-0.25, -0.2) is 9.59 Å². The zero-order valence-corrected chi connectivity index (χ0v) is 9.20. The van der Waals surface area contributed by atoms with Gasteiger partial charge in [0.15, 0.2) is 0 Å². The summed E-state index contributed by atoms with van der Waals surface area (Å²) >= 11 is 0.570. The van der Waals surface area contributed by atoms with Crippen molar-refractivity contribution in [1.82, 2.24) is 0 Å². The summed E-state index contributed by atoms with van der Waals surface area (Å²) in [6, 6.07) is 0.989. The minimum atomic E-state index is -0.815. The van der Waals surface area contributed by atoms with Crippen molar-refractivity contribution in [3.8, 4) is 0 Å². The zero-order valence-electron chi connectivity index (χ0n) is 8.38. The number of rotatable bonds is 3. The van der Waals surface area contributed by atoms with Crippen LogP contribution in [0.5, 0.6) is 0 Å². The van der Waals surface area contributed by atoms with Crippen LogP contribution in [-0.2, 0) is 9.47 Å². The average molecular weight is 245 g/mol. The molecule has 0 aliphatic heterocycles. The van der Waals surface area contributed by atoms with E-state index in [9.17, 15) is 19.7 Å². The van der Waals surface area contributed by atoms with E-state index < -0.39 is 16.9 Å². The number of carbonyl (C=O) groups excluding carboxylic acids is 2. The predicted molar refractivity (Wildman–Crippen MR) is 53.7 cm³/mol. The topological polar surface area (TPSA) is 95.7 Å². The maximum absolute atomic E-state index is 11.2. The van der Waals surface area contributed by atoms with E-state index in [1.165, 1.54) is 0 Å². The van der Waals surface area contributed by atoms with Crippen LogP contribution in [-0.4, -0.2) is 31.1 Å². The van der Waals surface area contributed by atoms with Gasteiger partial charge in [0.2, 0.25) is 0 Å². The fourth-order valence-corrected chi connectivity index (χ4v) is 1.85. The molecule has 1 aromatic rings. The molecule has 0 bridgehead atoms. The lowest BCUT2D eigenvalue weighted by atomic mass is 10.2. The number of carbonyl (C=O) groups is 2. The third-order valence-electron chi connectivity index (χ3n) is 1.68. The molecule has 1 heterocycles. The van der Waals surface area contributed by atoms with E-state index in [4.69, 9.17) is 0 Å². The van der Waals surface area contributed by atoms with Crippen LogP contribution in [0.25, 0.3) is 0 Å². The van der Waals surface area contributed by atoms with Gasteiger partial charge in [-0.05, 0) is 0 Å². The number of hydrogen-bond donors (Lipinski definition) is 0. The number of esters is 2. The maximum atomic E-state index is 11.2. The van der Waals surface area contributed by atoms with E-state index in [0.717, 1.165) is 20.3 Å². The first-order valence-electron chi connectivity index (χ1n) is 3.96. The second-order valence-electron chi connectivity index (χ2n) is 2.57. The minimum Gasteiger partial charge on any atom is -0.465 e. The monoisotopic (exact) mass is 245 g/mol. The van der Waals surface area contributed by atoms with Gasteiger partial charge in [0.1, 0.15) is 4.88 Å². The van der Waals surface area contributed by atoms with Gasteiger partial charge in [0.05, 0.1) is 24.7 Å². The van der Waals surface area contributed by atoms with E-state index in [1.54, 1.807) is 0 Å². The molecule has 0 unspecified atom stereocenters. The van der Waals surface area contributed by atoms with Crippen LogP contribution in [0.15, 0.2) is 6.07 Å². The Labute approximate surface area is 93.7 Å². The van der Waals surface area contributed by atoms with Crippen molar-refractivity contribution in [3.63, 3.8) is 0 Å². The lowest BCUT2D eigenvalue weighted by molar-refractivity contribution is -0.380. The quantitative estimate of drug-likeness (QED) is 0.451. The Hall–Kier alpha value is -1.96. The molecule has 7 nitrogen and oxygen atoms in total. The summed E-state index contributed by atoms with van der Waals surface area (Å²) in [5.41, 5.74) is -0.161. The molecule has 0 aliphatic carbocycles. The van der Waals surface area contributed by atoms with Gasteiger partial charge >= 0.3 is 16.9 Å². The fraction of sp³-hybridized carbons (Fsp3) is 0.250. The number of thiophene rings is 1. The van der Waals surface area contributed by atoms with Crippen LogP contribution in [0.1, 0.15) is 20.0 Å². The third kappa shape index (κ3) is 2.16. The van der Waals surface area contributed by atoms with Gasteiger partial charge in [-0.15, -0.1) is 0 Å². The van der Waals surface area contributed by atoms with Crippen molar-refractivity contribution in [2.45, 2.75) is 0 Å². The van der Waals surface area contributed by atoms with Crippen LogP contribution in [0.2, 0.25) is 0 Å². The maximum Gasteiger partial charge on any atom is 0.349 e. The Kier molecular flexibility index (Phi) is 3.56. The lowest BCUT2D eigenvalue weighted by Gasteiger charge is -1.98. The molecular weight excluding hydrogens is 238 g/mol. The van der Waals surface area contributed by atoms with Gasteiger partial charge in [0, 0.05) is 6.07 Å². The van der Waals surface area contributed by atoms with E-state index in [1.807, 2.05) is 0 Å². The standard InChI is InChI=1S/C8H7NO6S/c1-14-7(10)4-3-5(9(12)13)16-6(4)8(11)15-2/h3H,1-2H3. The van der Waals surface area contributed by atoms with Crippen molar-refractivity contribution < 1.29 is 24.0 Å². The van der Waals surface area contributed by atoms with Gasteiger partial charge < -0.3 is 9.47 Å². The van der Waals surface area contributed by atoms with Crippen molar-refractivity contribution in [2.75, 3.05) is 14.2 Å². The van der Waals surface area contributed by atoms with Gasteiger partial charge in [-0.1, -0.05) is 11.3 Å². The first kappa shape index (κ1) is 12.1. The highest BCUT2D eigenvalue weighted by Crippen LogP contribution is 2.29. The van der Waals surface area contributed by atoms with E-state index in [-0.39, 0.29) is 15.4 Å². The van der Waals surface area contributed by atoms with Crippen molar-refractivity contribution in [1.29, 1.82) is 0 Å². The normalized spacial score (nSPS) is 9.62. The Morgan fingerprint density at radius 3 is 2.31 bits per heavy atom. The molecule has 0 amide bonds. The van der Waals surface area contributed by atoms with E-state index >= 15 is 0 Å². The van der Waals surface area contributed by atoms with E-state index in [0.29, 0.717) is 11.3 Å². The molecule has 0 aromatic carbocycles. The molecule has 0 N–H and O–H groups in total. The van der Waals surface area contributed by atoms with Crippen LogP contribution >= 0.6 is 11.3 Å². The molecule has 86 valence electrons. The zero-order chi connectivity index (χ0) is 12.3. The predicted octanol–water partition coefficient (Wildman–Crippen LogP) is 1.23. The molecule has 0 fully saturated rings. The molecule has 0 saturated heterocycles. The summed E-state index contributed by atoms with van der Waals surface area (Å²) in [4.78, 5) is 32.2. The molecule has 16 heavy (non-hydrogen) atoms. The summed E-state index contributed by atoms with van der Waals surface area (Å²) in [5.74, 6) is -1.62. The average Bonchev–Trinajstić information content (AvgIpc) is 2.71. The number of nitro groups is 1. The first-order valence-corrected chi connectivity index (χ1v) is 4.77. The molecular formula is C8H7NO6S. The largest absolute Gasteiger partial charge is 0.465 e. The van der Waals surface area contributed by atoms with Crippen LogP contribution < -0.4 is 0 Å². The molecule has 0 aliphatic rings. The highest BCUT2D eigenvalue weighted by atomic mass is 32.1. The Morgan fingerprint density at radius 2 is 1.88 bits per heavy atom. The van der Waals surface area contributed by atoms with Crippen LogP contribution in [0.3, 0.4) is 0 Å². The third-order valence-corrected chi connectivity index (χ3v) is 2.74. The summed E-state index contributed by atoms with van der Waals surface area (Å²) in [5, 5.41) is 10.2. The highest BCUT2D eigenvalue weighted by molar-refractivity contribution is 7.17. The number of ether oxygens (including phenoxy) is 2. The summed E-state index contributed by atoms with van der Waals surface area (Å²) < 4.78 is 8.81. The van der Waals surface area contributed by atoms with Gasteiger partial charge in [-0.2, -0.15) is 0 Å². The van der Waals surface area contributed by atoms with Crippen LogP contribution in [0, 0.1) is 10.1 Å². The SMILES string of the molecule is COC(=O)c1cc([N+](=O)[O-])sc1C(=O)OC. The molecule has 1 rings (SSSR count). The molecule has 0 spiro atoms. The summed E-state index contributed by atoms with van der Waals surface area (Å²) in [7, 11) is 2.24. The molecule has 1 aromatic heterocycles. The molecule has 8 heteroatoms. The van der Waals surface area contributed by atoms with Gasteiger partial charge in [-0.3, -0.25) is 10.1 Å². The lowest BCUT2D eigenvalue weighted by Crippen LogP contribution is -2.08. The summed E-state index contributed by atoms with van der Waals surface area (Å²) in [6.45, 7) is 0. The van der Waals surface area contributed by atoms with Crippen molar-refractivity contribution >= 4 is 28.3 Å². The molecule has 0 saturated carbocycles. The smallest absolute Gasteiger partial charge is 0.349 e. The second-order valence-corrected chi connectivity index (χ2v) is 3.60. The molecule has 0 atom stereocenters. The number of nitrogens with zero attached hydrogens (tertiary/aromatic N) is 1.